The van der Waals surface area contributed by atoms with Crippen molar-refractivity contribution in [1.29, 1.82) is 0 Å². The molecule has 0 aliphatic heterocycles. The zero-order valence-electron chi connectivity index (χ0n) is 11.2. The quantitative estimate of drug-likeness (QED) is 0.843. The molecule has 2 aromatic rings. The standard InChI is InChI=1S/C12H15F3N3P/c1-17(2)11-16-9-7-8(12(13,14)15)5-6-10(9)19(11)18(3)4/h5-7H,1-4H3. The highest BCUT2D eigenvalue weighted by molar-refractivity contribution is 7.60. The smallest absolute Gasteiger partial charge is 0.358 e. The summed E-state index contributed by atoms with van der Waals surface area (Å²) in [5.41, 5.74) is 0.594. The summed E-state index contributed by atoms with van der Waals surface area (Å²) in [6.45, 7) is 0. The molecule has 0 N–H and O–H groups in total. The van der Waals surface area contributed by atoms with Crippen LogP contribution in [0, 0.1) is 0 Å². The maximum absolute atomic E-state index is 12.7. The lowest BCUT2D eigenvalue weighted by atomic mass is 10.2. The van der Waals surface area contributed by atoms with Crippen molar-refractivity contribution in [1.82, 2.24) is 4.98 Å². The number of hydrogen-bond acceptors (Lipinski definition) is 3. The van der Waals surface area contributed by atoms with Gasteiger partial charge >= 0.3 is 6.18 Å². The molecule has 0 aliphatic rings. The number of aromatic nitrogens is 1. The zero-order chi connectivity index (χ0) is 14.4. The number of fused-ring (bicyclic) bond motifs is 1. The number of halogens is 3. The van der Waals surface area contributed by atoms with Crippen LogP contribution in [-0.4, -0.2) is 33.2 Å². The van der Waals surface area contributed by atoms with Gasteiger partial charge in [-0.1, -0.05) is 0 Å². The molecule has 0 radical (unpaired) electrons. The summed E-state index contributed by atoms with van der Waals surface area (Å²) < 4.78 is 40.1. The van der Waals surface area contributed by atoms with Crippen molar-refractivity contribution in [3.63, 3.8) is 0 Å². The van der Waals surface area contributed by atoms with Crippen LogP contribution in [0.25, 0.3) is 10.6 Å². The number of benzene rings is 1. The molecule has 0 fully saturated rings. The van der Waals surface area contributed by atoms with E-state index in [0.29, 0.717) is 5.52 Å². The lowest BCUT2D eigenvalue weighted by molar-refractivity contribution is -0.137. The minimum Gasteiger partial charge on any atom is -0.358 e. The molecule has 0 amide bonds. The molecule has 0 saturated carbocycles. The molecule has 7 heteroatoms. The Hall–Kier alpha value is -1.26. The second kappa shape index (κ2) is 4.69. The predicted octanol–water partition coefficient (Wildman–Crippen LogP) is 3.50. The highest BCUT2D eigenvalue weighted by atomic mass is 31.1. The minimum absolute atomic E-state index is 0.429. The Balaban J connectivity index is 2.70. The summed E-state index contributed by atoms with van der Waals surface area (Å²) in [4.78, 5) is 6.22. The van der Waals surface area contributed by atoms with E-state index in [9.17, 15) is 13.2 Å². The molecule has 3 nitrogen and oxygen atoms in total. The Bertz CT molecular complexity index is 602. The zero-order valence-corrected chi connectivity index (χ0v) is 12.0. The van der Waals surface area contributed by atoms with Gasteiger partial charge in [0.05, 0.1) is 11.1 Å². The van der Waals surface area contributed by atoms with Crippen LogP contribution in [0.15, 0.2) is 18.2 Å². The summed E-state index contributed by atoms with van der Waals surface area (Å²) in [7, 11) is 6.71. The number of rotatable bonds is 2. The van der Waals surface area contributed by atoms with E-state index in [4.69, 9.17) is 0 Å². The van der Waals surface area contributed by atoms with Gasteiger partial charge in [-0.2, -0.15) is 13.2 Å². The molecule has 0 spiro atoms. The average molecular weight is 289 g/mol. The molecular weight excluding hydrogens is 274 g/mol. The van der Waals surface area contributed by atoms with E-state index in [2.05, 4.69) is 4.98 Å². The van der Waals surface area contributed by atoms with Gasteiger partial charge in [0.15, 0.2) is 5.55 Å². The molecule has 1 aromatic heterocycles. The van der Waals surface area contributed by atoms with Gasteiger partial charge in [-0.05, 0) is 32.3 Å². The SMILES string of the molecule is CN(C)c1nc2cc(C(F)(F)F)ccc2p1N(C)C. The lowest BCUT2D eigenvalue weighted by Crippen LogP contribution is -2.12. The van der Waals surface area contributed by atoms with Crippen LogP contribution in [0.5, 0.6) is 0 Å². The highest BCUT2D eigenvalue weighted by Crippen LogP contribution is 2.47. The van der Waals surface area contributed by atoms with Crippen LogP contribution in [0.3, 0.4) is 0 Å². The first-order chi connectivity index (χ1) is 8.71. The van der Waals surface area contributed by atoms with Gasteiger partial charge in [0.25, 0.3) is 0 Å². The molecule has 0 aliphatic carbocycles. The Labute approximate surface area is 110 Å². The van der Waals surface area contributed by atoms with E-state index in [1.165, 1.54) is 0 Å². The van der Waals surface area contributed by atoms with E-state index in [-0.39, 0.29) is 0 Å². The third-order valence-corrected chi connectivity index (χ3v) is 5.25. The first-order valence-corrected chi connectivity index (χ1v) is 6.96. The monoisotopic (exact) mass is 289 g/mol. The normalized spacial score (nSPS) is 13.4. The molecule has 1 unspecified atom stereocenters. The first kappa shape index (κ1) is 14.2. The van der Waals surface area contributed by atoms with Gasteiger partial charge in [0, 0.05) is 26.9 Å². The molecule has 19 heavy (non-hydrogen) atoms. The van der Waals surface area contributed by atoms with Crippen LogP contribution in [0.1, 0.15) is 5.56 Å². The fourth-order valence-electron chi connectivity index (χ4n) is 1.92. The van der Waals surface area contributed by atoms with Crippen molar-refractivity contribution in [3.8, 4) is 0 Å². The summed E-state index contributed by atoms with van der Waals surface area (Å²) in [5, 5.41) is 0.872. The van der Waals surface area contributed by atoms with E-state index in [1.807, 2.05) is 37.8 Å². The fraction of sp³-hybridized carbons (Fsp3) is 0.417. The van der Waals surface area contributed by atoms with Crippen LogP contribution in [-0.2, 0) is 6.18 Å². The Morgan fingerprint density at radius 3 is 2.21 bits per heavy atom. The summed E-state index contributed by atoms with van der Waals surface area (Å²) in [5.74, 6) is 0. The largest absolute Gasteiger partial charge is 0.416 e. The van der Waals surface area contributed by atoms with E-state index in [0.717, 1.165) is 22.8 Å². The van der Waals surface area contributed by atoms with Crippen LogP contribution < -0.4 is 9.57 Å². The average Bonchev–Trinajstić information content (AvgIpc) is 2.65. The number of hydrogen-bond donors (Lipinski definition) is 0. The third kappa shape index (κ3) is 2.55. The van der Waals surface area contributed by atoms with Gasteiger partial charge < -0.3 is 4.90 Å². The number of alkyl halides is 3. The third-order valence-electron chi connectivity index (χ3n) is 2.74. The Morgan fingerprint density at radius 1 is 1.11 bits per heavy atom. The molecule has 1 heterocycles. The fourth-order valence-corrected chi connectivity index (χ4v) is 4.05. The molecule has 1 atom stereocenters. The van der Waals surface area contributed by atoms with Gasteiger partial charge in [0.1, 0.15) is 0 Å². The Kier molecular flexibility index (Phi) is 3.49. The van der Waals surface area contributed by atoms with E-state index >= 15 is 0 Å². The summed E-state index contributed by atoms with van der Waals surface area (Å²) in [6, 6.07) is 3.81. The van der Waals surface area contributed by atoms with Gasteiger partial charge in [-0.15, -0.1) is 0 Å². The minimum atomic E-state index is -4.33. The molecule has 1 aromatic carbocycles. The second-order valence-electron chi connectivity index (χ2n) is 4.67. The maximum Gasteiger partial charge on any atom is 0.416 e. The van der Waals surface area contributed by atoms with E-state index in [1.54, 1.807) is 6.07 Å². The molecular formula is C12H15F3N3P. The van der Waals surface area contributed by atoms with E-state index < -0.39 is 19.4 Å². The maximum atomic E-state index is 12.7. The van der Waals surface area contributed by atoms with Crippen molar-refractivity contribution in [3.05, 3.63) is 23.8 Å². The van der Waals surface area contributed by atoms with Crippen molar-refractivity contribution < 1.29 is 13.2 Å². The van der Waals surface area contributed by atoms with Crippen LogP contribution in [0.2, 0.25) is 0 Å². The van der Waals surface area contributed by atoms with Crippen molar-refractivity contribution >= 4 is 23.9 Å². The van der Waals surface area contributed by atoms with Crippen molar-refractivity contribution in [2.24, 2.45) is 0 Å². The second-order valence-corrected chi connectivity index (χ2v) is 6.97. The lowest BCUT2D eigenvalue weighted by Gasteiger charge is -2.17. The molecule has 0 saturated heterocycles. The van der Waals surface area contributed by atoms with Gasteiger partial charge in [-0.3, -0.25) is 4.67 Å². The predicted molar refractivity (Wildman–Crippen MR) is 73.8 cm³/mol. The van der Waals surface area contributed by atoms with Crippen LogP contribution in [0.4, 0.5) is 18.7 Å². The number of nitrogens with zero attached hydrogens (tertiary/aromatic N) is 3. The van der Waals surface area contributed by atoms with Crippen molar-refractivity contribution in [2.45, 2.75) is 6.18 Å². The van der Waals surface area contributed by atoms with Gasteiger partial charge in [0.2, 0.25) is 0 Å². The summed E-state index contributed by atoms with van der Waals surface area (Å²) >= 11 is 0. The van der Waals surface area contributed by atoms with Crippen molar-refractivity contribution in [2.75, 3.05) is 37.8 Å². The number of anilines is 1. The molecule has 104 valence electrons. The molecule has 2 rings (SSSR count). The molecule has 0 bridgehead atoms. The highest BCUT2D eigenvalue weighted by Gasteiger charge is 2.31. The van der Waals surface area contributed by atoms with Crippen LogP contribution >= 0.6 is 7.68 Å². The Morgan fingerprint density at radius 2 is 1.74 bits per heavy atom. The first-order valence-electron chi connectivity index (χ1n) is 5.66. The summed E-state index contributed by atoms with van der Waals surface area (Å²) in [6.07, 6.45) is -4.33. The van der Waals surface area contributed by atoms with Gasteiger partial charge in [-0.25, -0.2) is 4.98 Å². The topological polar surface area (TPSA) is 19.4 Å².